The number of para-hydroxylation sites is 3. The SMILES string of the molecule is COc1cccc(OC)c1OC(C)NCCC1COc2ccccc2O1.Cl. The zero-order valence-corrected chi connectivity index (χ0v) is 16.6. The fourth-order valence-corrected chi connectivity index (χ4v) is 2.80. The molecular weight excluding hydrogens is 370 g/mol. The van der Waals surface area contributed by atoms with Gasteiger partial charge in [-0.1, -0.05) is 18.2 Å². The second-order valence-electron chi connectivity index (χ2n) is 5.99. The number of nitrogens with one attached hydrogen (secondary N) is 1. The highest BCUT2D eigenvalue weighted by atomic mass is 35.5. The van der Waals surface area contributed by atoms with Crippen molar-refractivity contribution >= 4 is 12.4 Å². The lowest BCUT2D eigenvalue weighted by atomic mass is 10.2. The van der Waals surface area contributed by atoms with E-state index < -0.39 is 0 Å². The molecule has 6 nitrogen and oxygen atoms in total. The van der Waals surface area contributed by atoms with Crippen molar-refractivity contribution in [2.24, 2.45) is 0 Å². The summed E-state index contributed by atoms with van der Waals surface area (Å²) in [5.41, 5.74) is 0. The molecule has 7 heteroatoms. The van der Waals surface area contributed by atoms with Crippen LogP contribution in [0.4, 0.5) is 0 Å². The van der Waals surface area contributed by atoms with Crippen LogP contribution in [0.3, 0.4) is 0 Å². The molecule has 3 rings (SSSR count). The fourth-order valence-electron chi connectivity index (χ4n) is 2.80. The van der Waals surface area contributed by atoms with Gasteiger partial charge in [0.25, 0.3) is 0 Å². The normalized spacial score (nSPS) is 16.0. The average molecular weight is 396 g/mol. The van der Waals surface area contributed by atoms with Gasteiger partial charge in [0.1, 0.15) is 18.9 Å². The lowest BCUT2D eigenvalue weighted by Gasteiger charge is -2.27. The van der Waals surface area contributed by atoms with Crippen molar-refractivity contribution < 1.29 is 23.7 Å². The van der Waals surface area contributed by atoms with Crippen LogP contribution in [-0.2, 0) is 0 Å². The Balaban J connectivity index is 0.00000261. The van der Waals surface area contributed by atoms with Crippen LogP contribution in [0.15, 0.2) is 42.5 Å². The van der Waals surface area contributed by atoms with Crippen molar-refractivity contribution in [3.05, 3.63) is 42.5 Å². The molecule has 2 aromatic carbocycles. The first-order valence-corrected chi connectivity index (χ1v) is 8.70. The molecule has 0 bridgehead atoms. The highest BCUT2D eigenvalue weighted by Crippen LogP contribution is 2.37. The summed E-state index contributed by atoms with van der Waals surface area (Å²) in [4.78, 5) is 0. The van der Waals surface area contributed by atoms with Crippen LogP contribution in [-0.4, -0.2) is 39.7 Å². The van der Waals surface area contributed by atoms with Gasteiger partial charge in [-0.2, -0.15) is 0 Å². The van der Waals surface area contributed by atoms with Crippen LogP contribution in [0.1, 0.15) is 13.3 Å². The zero-order chi connectivity index (χ0) is 18.4. The second kappa shape index (κ2) is 10.1. The largest absolute Gasteiger partial charge is 0.493 e. The van der Waals surface area contributed by atoms with Crippen LogP contribution in [0.5, 0.6) is 28.7 Å². The van der Waals surface area contributed by atoms with Crippen molar-refractivity contribution in [2.75, 3.05) is 27.4 Å². The molecule has 0 fully saturated rings. The Morgan fingerprint density at radius 1 is 1.04 bits per heavy atom. The van der Waals surface area contributed by atoms with Crippen molar-refractivity contribution in [3.8, 4) is 28.7 Å². The molecule has 0 spiro atoms. The third-order valence-corrected chi connectivity index (χ3v) is 4.14. The molecule has 1 heterocycles. The van der Waals surface area contributed by atoms with Gasteiger partial charge in [-0.15, -0.1) is 12.4 Å². The minimum absolute atomic E-state index is 0. The number of hydrogen-bond donors (Lipinski definition) is 1. The zero-order valence-electron chi connectivity index (χ0n) is 15.8. The number of ether oxygens (including phenoxy) is 5. The minimum atomic E-state index is -0.211. The monoisotopic (exact) mass is 395 g/mol. The summed E-state index contributed by atoms with van der Waals surface area (Å²) in [6, 6.07) is 13.3. The summed E-state index contributed by atoms with van der Waals surface area (Å²) in [6.07, 6.45) is 0.618. The summed E-state index contributed by atoms with van der Waals surface area (Å²) in [7, 11) is 3.22. The van der Waals surface area contributed by atoms with Gasteiger partial charge in [0.2, 0.25) is 5.75 Å². The van der Waals surface area contributed by atoms with Gasteiger partial charge in [-0.05, 0) is 31.2 Å². The van der Waals surface area contributed by atoms with Crippen molar-refractivity contribution in [2.45, 2.75) is 25.7 Å². The molecule has 1 aliphatic heterocycles. The summed E-state index contributed by atoms with van der Waals surface area (Å²) in [5.74, 6) is 3.46. The molecule has 0 saturated heterocycles. The highest BCUT2D eigenvalue weighted by Gasteiger charge is 2.21. The van der Waals surface area contributed by atoms with E-state index in [-0.39, 0.29) is 24.7 Å². The van der Waals surface area contributed by atoms with E-state index in [4.69, 9.17) is 23.7 Å². The van der Waals surface area contributed by atoms with Crippen LogP contribution >= 0.6 is 12.4 Å². The smallest absolute Gasteiger partial charge is 0.205 e. The van der Waals surface area contributed by atoms with Crippen LogP contribution in [0.25, 0.3) is 0 Å². The standard InChI is InChI=1S/C20H25NO5.ClH/c1-14(25-20-18(22-2)9-6-10-19(20)23-3)21-12-11-15-13-24-16-7-4-5-8-17(16)26-15;/h4-10,14-15,21H,11-13H2,1-3H3;1H. The molecule has 0 aliphatic carbocycles. The third kappa shape index (κ3) is 5.34. The van der Waals surface area contributed by atoms with Gasteiger partial charge in [0, 0.05) is 13.0 Å². The lowest BCUT2D eigenvalue weighted by Crippen LogP contribution is -2.37. The Morgan fingerprint density at radius 3 is 2.37 bits per heavy atom. The molecule has 0 amide bonds. The summed E-state index contributed by atoms with van der Waals surface area (Å²) >= 11 is 0. The van der Waals surface area contributed by atoms with E-state index in [0.717, 1.165) is 24.5 Å². The number of rotatable bonds is 8. The first-order valence-electron chi connectivity index (χ1n) is 8.70. The van der Waals surface area contributed by atoms with Crippen LogP contribution in [0.2, 0.25) is 0 Å². The molecule has 1 aliphatic rings. The van der Waals surface area contributed by atoms with E-state index in [1.807, 2.05) is 49.4 Å². The van der Waals surface area contributed by atoms with E-state index in [9.17, 15) is 0 Å². The van der Waals surface area contributed by atoms with Gasteiger partial charge in [0.05, 0.1) is 14.2 Å². The highest BCUT2D eigenvalue weighted by molar-refractivity contribution is 5.85. The van der Waals surface area contributed by atoms with E-state index in [1.54, 1.807) is 14.2 Å². The van der Waals surface area contributed by atoms with E-state index in [2.05, 4.69) is 5.32 Å². The predicted molar refractivity (Wildman–Crippen MR) is 106 cm³/mol. The molecule has 0 saturated carbocycles. The summed E-state index contributed by atoms with van der Waals surface area (Å²) in [6.45, 7) is 3.22. The number of benzene rings is 2. The maximum absolute atomic E-state index is 5.97. The quantitative estimate of drug-likeness (QED) is 0.688. The molecule has 27 heavy (non-hydrogen) atoms. The predicted octanol–water partition coefficient (Wildman–Crippen LogP) is 3.67. The Bertz CT molecular complexity index is 705. The molecule has 1 N–H and O–H groups in total. The van der Waals surface area contributed by atoms with Crippen molar-refractivity contribution in [1.29, 1.82) is 0 Å². The number of methoxy groups -OCH3 is 2. The molecule has 2 atom stereocenters. The Kier molecular flexibility index (Phi) is 7.88. The van der Waals surface area contributed by atoms with E-state index in [1.165, 1.54) is 0 Å². The second-order valence-corrected chi connectivity index (χ2v) is 5.99. The summed E-state index contributed by atoms with van der Waals surface area (Å²) in [5, 5.41) is 3.34. The number of halogens is 1. The Morgan fingerprint density at radius 2 is 1.70 bits per heavy atom. The number of hydrogen-bond acceptors (Lipinski definition) is 6. The van der Waals surface area contributed by atoms with Gasteiger partial charge in [-0.3, -0.25) is 5.32 Å². The van der Waals surface area contributed by atoms with Crippen LogP contribution in [0, 0.1) is 0 Å². The number of fused-ring (bicyclic) bond motifs is 1. The Hall–Kier alpha value is -2.31. The lowest BCUT2D eigenvalue weighted by molar-refractivity contribution is 0.0802. The van der Waals surface area contributed by atoms with Gasteiger partial charge in [0.15, 0.2) is 23.0 Å². The van der Waals surface area contributed by atoms with Gasteiger partial charge < -0.3 is 23.7 Å². The summed E-state index contributed by atoms with van der Waals surface area (Å²) < 4.78 is 28.4. The maximum atomic E-state index is 5.97. The average Bonchev–Trinajstić information content (AvgIpc) is 2.68. The van der Waals surface area contributed by atoms with E-state index >= 15 is 0 Å². The molecule has 148 valence electrons. The minimum Gasteiger partial charge on any atom is -0.493 e. The maximum Gasteiger partial charge on any atom is 0.205 e. The molecule has 0 radical (unpaired) electrons. The van der Waals surface area contributed by atoms with Crippen molar-refractivity contribution in [3.63, 3.8) is 0 Å². The topological polar surface area (TPSA) is 58.2 Å². The Labute approximate surface area is 166 Å². The van der Waals surface area contributed by atoms with Gasteiger partial charge >= 0.3 is 0 Å². The molecule has 2 aromatic rings. The van der Waals surface area contributed by atoms with Crippen LogP contribution < -0.4 is 29.0 Å². The third-order valence-electron chi connectivity index (χ3n) is 4.14. The first kappa shape index (κ1) is 21.0. The van der Waals surface area contributed by atoms with Crippen molar-refractivity contribution in [1.82, 2.24) is 5.32 Å². The fraction of sp³-hybridized carbons (Fsp3) is 0.400. The van der Waals surface area contributed by atoms with E-state index in [0.29, 0.717) is 23.9 Å². The molecular formula is C20H26ClNO5. The molecule has 0 aromatic heterocycles. The first-order chi connectivity index (χ1) is 12.7. The molecule has 2 unspecified atom stereocenters. The van der Waals surface area contributed by atoms with Gasteiger partial charge in [-0.25, -0.2) is 0 Å².